The smallest absolute Gasteiger partial charge is 0.135 e. The molecule has 0 unspecified atom stereocenters. The van der Waals surface area contributed by atoms with Gasteiger partial charge in [-0.2, -0.15) is 0 Å². The molecule has 0 fully saturated rings. The van der Waals surface area contributed by atoms with E-state index in [0.29, 0.717) is 0 Å². The Morgan fingerprint density at radius 1 is 0.380 bits per heavy atom. The average Bonchev–Trinajstić information content (AvgIpc) is 3.54. The molecule has 1 heterocycles. The van der Waals surface area contributed by atoms with Gasteiger partial charge in [0, 0.05) is 27.5 Å². The van der Waals surface area contributed by atoms with Crippen LogP contribution < -0.4 is 4.90 Å². The molecule has 0 spiro atoms. The first-order valence-electron chi connectivity index (χ1n) is 17.2. The Kier molecular flexibility index (Phi) is 7.29. The minimum Gasteiger partial charge on any atom is -0.456 e. The van der Waals surface area contributed by atoms with Gasteiger partial charge in [0.25, 0.3) is 0 Å². The Morgan fingerprint density at radius 3 is 1.70 bits per heavy atom. The van der Waals surface area contributed by atoms with Gasteiger partial charge in [0.05, 0.1) is 5.69 Å². The second-order valence-electron chi connectivity index (χ2n) is 13.1. The van der Waals surface area contributed by atoms with Crippen LogP contribution in [0.1, 0.15) is 11.1 Å². The normalized spacial score (nSPS) is 11.4. The van der Waals surface area contributed by atoms with Crippen LogP contribution in [0.15, 0.2) is 180 Å². The van der Waals surface area contributed by atoms with Gasteiger partial charge >= 0.3 is 0 Å². The monoisotopic (exact) mass is 641 g/mol. The molecule has 0 aliphatic rings. The second kappa shape index (κ2) is 12.3. The minimum absolute atomic E-state index is 0.911. The second-order valence-corrected chi connectivity index (χ2v) is 13.1. The highest BCUT2D eigenvalue weighted by molar-refractivity contribution is 6.06. The van der Waals surface area contributed by atoms with Crippen molar-refractivity contribution in [3.63, 3.8) is 0 Å². The van der Waals surface area contributed by atoms with Crippen molar-refractivity contribution in [2.75, 3.05) is 4.90 Å². The maximum Gasteiger partial charge on any atom is 0.135 e. The Balaban J connectivity index is 1.11. The van der Waals surface area contributed by atoms with E-state index < -0.39 is 0 Å². The largest absolute Gasteiger partial charge is 0.456 e. The zero-order valence-corrected chi connectivity index (χ0v) is 28.1. The summed E-state index contributed by atoms with van der Waals surface area (Å²) in [5.74, 6) is 0. The summed E-state index contributed by atoms with van der Waals surface area (Å²) >= 11 is 0. The van der Waals surface area contributed by atoms with Crippen LogP contribution in [0.4, 0.5) is 17.1 Å². The zero-order chi connectivity index (χ0) is 33.6. The van der Waals surface area contributed by atoms with Gasteiger partial charge in [-0.3, -0.25) is 0 Å². The maximum atomic E-state index is 6.09. The average molecular weight is 642 g/mol. The number of rotatable bonds is 6. The summed E-state index contributed by atoms with van der Waals surface area (Å²) in [4.78, 5) is 2.37. The van der Waals surface area contributed by atoms with Crippen LogP contribution in [0, 0.1) is 13.8 Å². The molecule has 1 aromatic heterocycles. The molecule has 238 valence electrons. The van der Waals surface area contributed by atoms with Gasteiger partial charge < -0.3 is 9.32 Å². The fourth-order valence-electron chi connectivity index (χ4n) is 7.31. The summed E-state index contributed by atoms with van der Waals surface area (Å²) in [7, 11) is 0. The summed E-state index contributed by atoms with van der Waals surface area (Å²) in [6.45, 7) is 4.38. The number of aryl methyl sites for hydroxylation is 2. The SMILES string of the molecule is Cc1ccccc1-c1cc(-c2ccc(N(c3ccc(-c4ccc5oc6ccccc6c5c4)cc3)c3cccc4ccccc34)cc2)ccc1C. The first-order valence-corrected chi connectivity index (χ1v) is 17.2. The number of anilines is 3. The Morgan fingerprint density at radius 2 is 0.940 bits per heavy atom. The molecule has 0 saturated carbocycles. The highest BCUT2D eigenvalue weighted by Crippen LogP contribution is 2.41. The lowest BCUT2D eigenvalue weighted by molar-refractivity contribution is 0.669. The van der Waals surface area contributed by atoms with E-state index in [1.165, 1.54) is 49.7 Å². The molecule has 2 nitrogen and oxygen atoms in total. The lowest BCUT2D eigenvalue weighted by Gasteiger charge is -2.27. The quantitative estimate of drug-likeness (QED) is 0.180. The number of hydrogen-bond donors (Lipinski definition) is 0. The fourth-order valence-corrected chi connectivity index (χ4v) is 7.31. The minimum atomic E-state index is 0.911. The molecule has 9 rings (SSSR count). The van der Waals surface area contributed by atoms with Crippen molar-refractivity contribution in [2.24, 2.45) is 0 Å². The van der Waals surface area contributed by atoms with Crippen LogP contribution >= 0.6 is 0 Å². The third-order valence-corrected chi connectivity index (χ3v) is 9.97. The van der Waals surface area contributed by atoms with Crippen LogP contribution in [0.25, 0.3) is 66.1 Å². The van der Waals surface area contributed by atoms with E-state index in [2.05, 4.69) is 183 Å². The standard InChI is InChI=1S/C48H35NO/c1-32-10-3-5-13-41(32)44-30-37(19-18-33(44)2)34-20-25-39(26-21-34)49(46-16-9-12-36-11-4-6-14-42(36)46)40-27-22-35(23-28-40)38-24-29-48-45(31-38)43-15-7-8-17-47(43)50-48/h3-31H,1-2H3. The number of nitrogens with zero attached hydrogens (tertiary/aromatic N) is 1. The molecule has 0 radical (unpaired) electrons. The Bertz CT molecular complexity index is 2660. The Hall–Kier alpha value is -6.38. The van der Waals surface area contributed by atoms with E-state index in [-0.39, 0.29) is 0 Å². The maximum absolute atomic E-state index is 6.09. The van der Waals surface area contributed by atoms with Crippen molar-refractivity contribution in [2.45, 2.75) is 13.8 Å². The van der Waals surface area contributed by atoms with Crippen molar-refractivity contribution < 1.29 is 4.42 Å². The lowest BCUT2D eigenvalue weighted by Crippen LogP contribution is -2.10. The first-order chi connectivity index (χ1) is 24.6. The molecule has 2 heteroatoms. The zero-order valence-electron chi connectivity index (χ0n) is 28.1. The number of para-hydroxylation sites is 1. The topological polar surface area (TPSA) is 16.4 Å². The van der Waals surface area contributed by atoms with E-state index in [1.807, 2.05) is 12.1 Å². The lowest BCUT2D eigenvalue weighted by atomic mass is 9.93. The van der Waals surface area contributed by atoms with E-state index >= 15 is 0 Å². The van der Waals surface area contributed by atoms with Crippen molar-refractivity contribution in [1.82, 2.24) is 0 Å². The van der Waals surface area contributed by atoms with Crippen molar-refractivity contribution in [3.05, 3.63) is 187 Å². The van der Waals surface area contributed by atoms with Gasteiger partial charge in [-0.25, -0.2) is 0 Å². The van der Waals surface area contributed by atoms with E-state index in [1.54, 1.807) is 0 Å². The third-order valence-electron chi connectivity index (χ3n) is 9.97. The first kappa shape index (κ1) is 29.7. The molecular weight excluding hydrogens is 607 g/mol. The van der Waals surface area contributed by atoms with Gasteiger partial charge in [0.1, 0.15) is 11.2 Å². The molecule has 9 aromatic rings. The molecule has 0 aliphatic heterocycles. The van der Waals surface area contributed by atoms with Gasteiger partial charge in [0.15, 0.2) is 0 Å². The summed E-state index contributed by atoms with van der Waals surface area (Å²) < 4.78 is 6.09. The molecule has 0 saturated heterocycles. The summed E-state index contributed by atoms with van der Waals surface area (Å²) in [6, 6.07) is 63.2. The van der Waals surface area contributed by atoms with Gasteiger partial charge in [-0.1, -0.05) is 121 Å². The summed E-state index contributed by atoms with van der Waals surface area (Å²) in [5, 5.41) is 4.71. The highest BCUT2D eigenvalue weighted by atomic mass is 16.3. The Labute approximate surface area is 292 Å². The van der Waals surface area contributed by atoms with Gasteiger partial charge in [-0.05, 0) is 118 Å². The predicted octanol–water partition coefficient (Wildman–Crippen LogP) is 13.8. The summed E-state index contributed by atoms with van der Waals surface area (Å²) in [5.41, 5.74) is 15.1. The number of benzene rings is 8. The molecule has 0 aliphatic carbocycles. The summed E-state index contributed by atoms with van der Waals surface area (Å²) in [6.07, 6.45) is 0. The molecule has 8 aromatic carbocycles. The van der Waals surface area contributed by atoms with Crippen molar-refractivity contribution in [3.8, 4) is 33.4 Å². The fraction of sp³-hybridized carbons (Fsp3) is 0.0417. The van der Waals surface area contributed by atoms with E-state index in [0.717, 1.165) is 44.6 Å². The van der Waals surface area contributed by atoms with E-state index in [9.17, 15) is 0 Å². The predicted molar refractivity (Wildman–Crippen MR) is 212 cm³/mol. The number of hydrogen-bond acceptors (Lipinski definition) is 2. The molecule has 50 heavy (non-hydrogen) atoms. The number of fused-ring (bicyclic) bond motifs is 4. The molecule has 0 atom stereocenters. The third kappa shape index (κ3) is 5.23. The van der Waals surface area contributed by atoms with Crippen molar-refractivity contribution >= 4 is 49.8 Å². The van der Waals surface area contributed by atoms with Crippen molar-refractivity contribution in [1.29, 1.82) is 0 Å². The van der Waals surface area contributed by atoms with Crippen LogP contribution in [0.2, 0.25) is 0 Å². The molecule has 0 N–H and O–H groups in total. The van der Waals surface area contributed by atoms with Crippen LogP contribution in [-0.2, 0) is 0 Å². The molecule has 0 amide bonds. The number of furan rings is 1. The van der Waals surface area contributed by atoms with Crippen LogP contribution in [0.3, 0.4) is 0 Å². The van der Waals surface area contributed by atoms with Gasteiger partial charge in [-0.15, -0.1) is 0 Å². The van der Waals surface area contributed by atoms with Gasteiger partial charge in [0.2, 0.25) is 0 Å². The molecular formula is C48H35NO. The van der Waals surface area contributed by atoms with E-state index in [4.69, 9.17) is 4.42 Å². The van der Waals surface area contributed by atoms with Crippen LogP contribution in [0.5, 0.6) is 0 Å². The molecule has 0 bridgehead atoms. The van der Waals surface area contributed by atoms with Crippen LogP contribution in [-0.4, -0.2) is 0 Å². The highest BCUT2D eigenvalue weighted by Gasteiger charge is 2.17.